The Morgan fingerprint density at radius 3 is 2.76 bits per heavy atom. The van der Waals surface area contributed by atoms with Gasteiger partial charge in [-0.05, 0) is 37.6 Å². The molecule has 0 radical (unpaired) electrons. The minimum absolute atomic E-state index is 0.0786. The molecule has 2 rings (SSSR count). The number of ether oxygens (including phenoxy) is 1. The maximum Gasteiger partial charge on any atom is 0.278 e. The van der Waals surface area contributed by atoms with Crippen molar-refractivity contribution in [2.24, 2.45) is 0 Å². The third-order valence-electron chi connectivity index (χ3n) is 2.71. The van der Waals surface area contributed by atoms with E-state index in [1.165, 1.54) is 30.3 Å². The van der Waals surface area contributed by atoms with E-state index in [1.807, 2.05) is 6.92 Å². The Balaban J connectivity index is 2.36. The van der Waals surface area contributed by atoms with Crippen LogP contribution in [0.1, 0.15) is 12.5 Å². The molecular weight excluding hydrogens is 277 g/mol. The van der Waals surface area contributed by atoms with Gasteiger partial charge in [-0.1, -0.05) is 0 Å². The van der Waals surface area contributed by atoms with Crippen molar-refractivity contribution in [1.82, 2.24) is 4.98 Å². The second-order valence-corrected chi connectivity index (χ2v) is 4.35. The van der Waals surface area contributed by atoms with Crippen molar-refractivity contribution in [1.29, 1.82) is 0 Å². The molecule has 21 heavy (non-hydrogen) atoms. The lowest BCUT2D eigenvalue weighted by Gasteiger charge is -2.09. The highest BCUT2D eigenvalue weighted by Crippen LogP contribution is 2.28. The smallest absolute Gasteiger partial charge is 0.278 e. The van der Waals surface area contributed by atoms with Gasteiger partial charge < -0.3 is 10.1 Å². The Hall–Kier alpha value is -2.70. The molecule has 0 aliphatic rings. The lowest BCUT2D eigenvalue weighted by molar-refractivity contribution is -0.384. The predicted octanol–water partition coefficient (Wildman–Crippen LogP) is 3.66. The first-order valence-electron chi connectivity index (χ1n) is 6.34. The van der Waals surface area contributed by atoms with E-state index >= 15 is 0 Å². The summed E-state index contributed by atoms with van der Waals surface area (Å²) in [5.74, 6) is 0.448. The van der Waals surface area contributed by atoms with Crippen molar-refractivity contribution in [3.05, 3.63) is 51.8 Å². The van der Waals surface area contributed by atoms with Crippen LogP contribution in [0.2, 0.25) is 0 Å². The number of aryl methyl sites for hydroxylation is 1. The zero-order chi connectivity index (χ0) is 15.4. The number of nitrogens with zero attached hydrogens (tertiary/aromatic N) is 2. The minimum atomic E-state index is -0.521. The van der Waals surface area contributed by atoms with E-state index in [9.17, 15) is 14.5 Å². The molecule has 0 saturated heterocycles. The van der Waals surface area contributed by atoms with Crippen molar-refractivity contribution in [3.8, 4) is 11.6 Å². The quantitative estimate of drug-likeness (QED) is 0.672. The lowest BCUT2D eigenvalue weighted by atomic mass is 10.2. The predicted molar refractivity (Wildman–Crippen MR) is 76.3 cm³/mol. The molecule has 6 nitrogen and oxygen atoms in total. The van der Waals surface area contributed by atoms with Crippen LogP contribution in [0.25, 0.3) is 0 Å². The lowest BCUT2D eigenvalue weighted by Crippen LogP contribution is -2.02. The molecule has 1 aromatic heterocycles. The van der Waals surface area contributed by atoms with Crippen LogP contribution in [-0.2, 0) is 0 Å². The van der Waals surface area contributed by atoms with Crippen LogP contribution < -0.4 is 10.1 Å². The average molecular weight is 291 g/mol. The van der Waals surface area contributed by atoms with Gasteiger partial charge in [-0.2, -0.15) is 4.98 Å². The molecule has 0 atom stereocenters. The molecule has 110 valence electrons. The summed E-state index contributed by atoms with van der Waals surface area (Å²) in [6, 6.07) is 6.58. The Bertz CT molecular complexity index is 677. The number of hydrogen-bond acceptors (Lipinski definition) is 5. The van der Waals surface area contributed by atoms with Crippen LogP contribution in [0.4, 0.5) is 15.9 Å². The highest BCUT2D eigenvalue weighted by atomic mass is 19.1. The SMILES string of the molecule is CCNc1cc([N+](=O)[O-])cc(Oc2ccc(F)cc2C)n1. The number of nitrogens with one attached hydrogen (secondary N) is 1. The molecule has 1 N–H and O–H groups in total. The molecule has 2 aromatic rings. The normalized spacial score (nSPS) is 10.2. The number of benzene rings is 1. The Morgan fingerprint density at radius 2 is 2.14 bits per heavy atom. The van der Waals surface area contributed by atoms with Crippen LogP contribution in [0.5, 0.6) is 11.6 Å². The molecule has 1 aromatic carbocycles. The third-order valence-corrected chi connectivity index (χ3v) is 2.71. The zero-order valence-electron chi connectivity index (χ0n) is 11.6. The van der Waals surface area contributed by atoms with Gasteiger partial charge >= 0.3 is 0 Å². The van der Waals surface area contributed by atoms with E-state index < -0.39 is 4.92 Å². The minimum Gasteiger partial charge on any atom is -0.438 e. The molecular formula is C14H14FN3O3. The molecule has 7 heteroatoms. The maximum atomic E-state index is 13.1. The fourth-order valence-corrected chi connectivity index (χ4v) is 1.76. The Labute approximate surface area is 120 Å². The number of halogens is 1. The number of anilines is 1. The summed E-state index contributed by atoms with van der Waals surface area (Å²) in [6.07, 6.45) is 0. The van der Waals surface area contributed by atoms with Gasteiger partial charge in [0.25, 0.3) is 5.69 Å². The van der Waals surface area contributed by atoms with Crippen molar-refractivity contribution in [2.75, 3.05) is 11.9 Å². The molecule has 0 aliphatic heterocycles. The van der Waals surface area contributed by atoms with Crippen LogP contribution in [0.3, 0.4) is 0 Å². The topological polar surface area (TPSA) is 77.3 Å². The van der Waals surface area contributed by atoms with E-state index in [-0.39, 0.29) is 17.4 Å². The van der Waals surface area contributed by atoms with Crippen LogP contribution >= 0.6 is 0 Å². The van der Waals surface area contributed by atoms with Gasteiger partial charge in [0.15, 0.2) is 0 Å². The van der Waals surface area contributed by atoms with Gasteiger partial charge in [-0.15, -0.1) is 0 Å². The highest BCUT2D eigenvalue weighted by Gasteiger charge is 2.13. The third kappa shape index (κ3) is 3.65. The average Bonchev–Trinajstić information content (AvgIpc) is 2.42. The van der Waals surface area contributed by atoms with Crippen LogP contribution in [0, 0.1) is 22.9 Å². The van der Waals surface area contributed by atoms with Crippen molar-refractivity contribution >= 4 is 11.5 Å². The summed E-state index contributed by atoms with van der Waals surface area (Å²) in [5.41, 5.74) is 0.448. The second kappa shape index (κ2) is 6.17. The van der Waals surface area contributed by atoms with Crippen molar-refractivity contribution in [2.45, 2.75) is 13.8 Å². The summed E-state index contributed by atoms with van der Waals surface area (Å²) in [6.45, 7) is 4.11. The molecule has 0 saturated carbocycles. The summed E-state index contributed by atoms with van der Waals surface area (Å²) < 4.78 is 18.6. The van der Waals surface area contributed by atoms with E-state index in [2.05, 4.69) is 10.3 Å². The van der Waals surface area contributed by atoms with E-state index in [0.717, 1.165) is 0 Å². The van der Waals surface area contributed by atoms with E-state index in [1.54, 1.807) is 6.92 Å². The number of nitro groups is 1. The van der Waals surface area contributed by atoms with E-state index in [4.69, 9.17) is 4.74 Å². The van der Waals surface area contributed by atoms with Gasteiger partial charge in [0.05, 0.1) is 17.1 Å². The van der Waals surface area contributed by atoms with Gasteiger partial charge in [0.2, 0.25) is 5.88 Å². The first-order valence-corrected chi connectivity index (χ1v) is 6.34. The second-order valence-electron chi connectivity index (χ2n) is 4.35. The number of rotatable bonds is 5. The molecule has 0 unspecified atom stereocenters. The van der Waals surface area contributed by atoms with Gasteiger partial charge in [-0.25, -0.2) is 4.39 Å². The molecule has 0 fully saturated rings. The Kier molecular flexibility index (Phi) is 4.32. The fraction of sp³-hybridized carbons (Fsp3) is 0.214. The van der Waals surface area contributed by atoms with Gasteiger partial charge in [0.1, 0.15) is 17.4 Å². The van der Waals surface area contributed by atoms with Crippen molar-refractivity contribution in [3.63, 3.8) is 0 Å². The highest BCUT2D eigenvalue weighted by molar-refractivity contribution is 5.49. The largest absolute Gasteiger partial charge is 0.438 e. The molecule has 0 aliphatic carbocycles. The zero-order valence-corrected chi connectivity index (χ0v) is 11.6. The number of aromatic nitrogens is 1. The molecule has 1 heterocycles. The standard InChI is InChI=1S/C14H14FN3O3/c1-3-16-13-7-11(18(19)20)8-14(17-13)21-12-5-4-10(15)6-9(12)2/h4-8H,3H2,1-2H3,(H,16,17). The maximum absolute atomic E-state index is 13.1. The number of pyridine rings is 1. The van der Waals surface area contributed by atoms with Gasteiger partial charge in [0, 0.05) is 6.54 Å². The summed E-state index contributed by atoms with van der Waals surface area (Å²) >= 11 is 0. The molecule has 0 amide bonds. The first-order chi connectivity index (χ1) is 9.99. The summed E-state index contributed by atoms with van der Waals surface area (Å²) in [7, 11) is 0. The van der Waals surface area contributed by atoms with Crippen LogP contribution in [-0.4, -0.2) is 16.5 Å². The summed E-state index contributed by atoms with van der Waals surface area (Å²) in [4.78, 5) is 14.5. The number of hydrogen-bond donors (Lipinski definition) is 1. The van der Waals surface area contributed by atoms with Crippen LogP contribution in [0.15, 0.2) is 30.3 Å². The first kappa shape index (κ1) is 14.7. The fourth-order valence-electron chi connectivity index (χ4n) is 1.76. The van der Waals surface area contributed by atoms with Crippen molar-refractivity contribution < 1.29 is 14.1 Å². The Morgan fingerprint density at radius 1 is 1.38 bits per heavy atom. The molecule has 0 bridgehead atoms. The molecule has 0 spiro atoms. The summed E-state index contributed by atoms with van der Waals surface area (Å²) in [5, 5.41) is 13.8. The van der Waals surface area contributed by atoms with Gasteiger partial charge in [-0.3, -0.25) is 10.1 Å². The monoisotopic (exact) mass is 291 g/mol. The van der Waals surface area contributed by atoms with E-state index in [0.29, 0.717) is 23.7 Å².